The molecule has 0 aromatic heterocycles. The SMILES string of the molecule is Cl.Cl.c1ccc(CC2CCN(CCC3(c4cccc5ccccc45)CCCN(Cc4ccccc4)C3)CC2)cc1. The molecule has 2 heterocycles. The highest BCUT2D eigenvalue weighted by molar-refractivity contribution is 5.87. The van der Waals surface area contributed by atoms with Gasteiger partial charge < -0.3 is 4.90 Å². The summed E-state index contributed by atoms with van der Waals surface area (Å²) in [5, 5.41) is 2.84. The molecule has 0 spiro atoms. The zero-order chi connectivity index (χ0) is 25.6. The highest BCUT2D eigenvalue weighted by Gasteiger charge is 2.38. The summed E-state index contributed by atoms with van der Waals surface area (Å²) in [6, 6.07) is 38.2. The van der Waals surface area contributed by atoms with Crippen LogP contribution in [-0.4, -0.2) is 42.5 Å². The van der Waals surface area contributed by atoms with E-state index < -0.39 is 0 Å². The van der Waals surface area contributed by atoms with Crippen LogP contribution in [0.25, 0.3) is 10.8 Å². The molecule has 212 valence electrons. The van der Waals surface area contributed by atoms with Gasteiger partial charge in [0.15, 0.2) is 0 Å². The van der Waals surface area contributed by atoms with E-state index in [1.807, 2.05) is 0 Å². The summed E-state index contributed by atoms with van der Waals surface area (Å²) >= 11 is 0. The van der Waals surface area contributed by atoms with Crippen molar-refractivity contribution in [3.8, 4) is 0 Å². The van der Waals surface area contributed by atoms with E-state index in [4.69, 9.17) is 0 Å². The number of halogens is 2. The third kappa shape index (κ3) is 7.28. The molecule has 0 saturated carbocycles. The number of rotatable bonds is 8. The van der Waals surface area contributed by atoms with Crippen LogP contribution >= 0.6 is 24.8 Å². The van der Waals surface area contributed by atoms with Gasteiger partial charge in [-0.15, -0.1) is 24.8 Å². The minimum Gasteiger partial charge on any atom is -0.303 e. The molecule has 1 atom stereocenters. The van der Waals surface area contributed by atoms with Gasteiger partial charge in [-0.05, 0) is 98.1 Å². The summed E-state index contributed by atoms with van der Waals surface area (Å²) in [5.41, 5.74) is 4.71. The van der Waals surface area contributed by atoms with E-state index >= 15 is 0 Å². The quantitative estimate of drug-likeness (QED) is 0.208. The first-order chi connectivity index (χ1) is 18.8. The van der Waals surface area contributed by atoms with Crippen molar-refractivity contribution in [2.45, 2.75) is 50.5 Å². The van der Waals surface area contributed by atoms with E-state index in [2.05, 4.69) is 113 Å². The molecule has 4 aromatic carbocycles. The summed E-state index contributed by atoms with van der Waals surface area (Å²) in [5.74, 6) is 0.830. The molecule has 0 bridgehead atoms. The molecular formula is C36H44Cl2N2. The molecule has 0 aliphatic carbocycles. The van der Waals surface area contributed by atoms with Crippen molar-refractivity contribution in [1.82, 2.24) is 9.80 Å². The Morgan fingerprint density at radius 2 is 1.30 bits per heavy atom. The maximum absolute atomic E-state index is 2.77. The lowest BCUT2D eigenvalue weighted by Gasteiger charge is -2.45. The van der Waals surface area contributed by atoms with E-state index in [0.717, 1.165) is 19.0 Å². The van der Waals surface area contributed by atoms with Gasteiger partial charge >= 0.3 is 0 Å². The Morgan fingerprint density at radius 3 is 2.05 bits per heavy atom. The van der Waals surface area contributed by atoms with Crippen LogP contribution in [0.4, 0.5) is 0 Å². The second-order valence-electron chi connectivity index (χ2n) is 11.8. The topological polar surface area (TPSA) is 6.48 Å². The molecule has 40 heavy (non-hydrogen) atoms. The lowest BCUT2D eigenvalue weighted by Crippen LogP contribution is -2.48. The van der Waals surface area contributed by atoms with Gasteiger partial charge in [0.05, 0.1) is 0 Å². The van der Waals surface area contributed by atoms with Gasteiger partial charge in [-0.2, -0.15) is 0 Å². The molecule has 1 unspecified atom stereocenters. The van der Waals surface area contributed by atoms with Crippen molar-refractivity contribution < 1.29 is 0 Å². The van der Waals surface area contributed by atoms with Crippen LogP contribution in [0.15, 0.2) is 103 Å². The summed E-state index contributed by atoms with van der Waals surface area (Å²) < 4.78 is 0. The predicted octanol–water partition coefficient (Wildman–Crippen LogP) is 8.56. The van der Waals surface area contributed by atoms with Gasteiger partial charge in [0.25, 0.3) is 0 Å². The van der Waals surface area contributed by atoms with Crippen LogP contribution in [0.1, 0.15) is 48.8 Å². The minimum atomic E-state index is 0. The largest absolute Gasteiger partial charge is 0.303 e. The molecule has 4 aromatic rings. The van der Waals surface area contributed by atoms with Crippen molar-refractivity contribution >= 4 is 35.6 Å². The van der Waals surface area contributed by atoms with Gasteiger partial charge in [0.1, 0.15) is 0 Å². The Labute approximate surface area is 253 Å². The predicted molar refractivity (Wildman–Crippen MR) is 175 cm³/mol. The molecule has 2 aliphatic heterocycles. The number of nitrogens with zero attached hydrogens (tertiary/aromatic N) is 2. The van der Waals surface area contributed by atoms with Crippen LogP contribution in [0.2, 0.25) is 0 Å². The summed E-state index contributed by atoms with van der Waals surface area (Å²) in [4.78, 5) is 5.50. The molecule has 4 heteroatoms. The molecule has 0 amide bonds. The van der Waals surface area contributed by atoms with Crippen molar-refractivity contribution in [3.05, 3.63) is 120 Å². The average Bonchev–Trinajstić information content (AvgIpc) is 2.98. The first kappa shape index (κ1) is 30.6. The van der Waals surface area contributed by atoms with Gasteiger partial charge in [-0.25, -0.2) is 0 Å². The number of likely N-dealkylation sites (tertiary alicyclic amines) is 2. The zero-order valence-electron chi connectivity index (χ0n) is 23.6. The second-order valence-corrected chi connectivity index (χ2v) is 11.8. The van der Waals surface area contributed by atoms with Crippen molar-refractivity contribution in [3.63, 3.8) is 0 Å². The Balaban J connectivity index is 0.00000185. The number of piperidine rings is 2. The van der Waals surface area contributed by atoms with Gasteiger partial charge in [0, 0.05) is 18.5 Å². The Morgan fingerprint density at radius 1 is 0.650 bits per heavy atom. The normalized spacial score (nSPS) is 20.5. The lowest BCUT2D eigenvalue weighted by molar-refractivity contribution is 0.109. The second kappa shape index (κ2) is 14.5. The average molecular weight is 576 g/mol. The summed E-state index contributed by atoms with van der Waals surface area (Å²) in [7, 11) is 0. The van der Waals surface area contributed by atoms with E-state index in [0.29, 0.717) is 0 Å². The van der Waals surface area contributed by atoms with Crippen LogP contribution < -0.4 is 0 Å². The van der Waals surface area contributed by atoms with Crippen molar-refractivity contribution in [1.29, 1.82) is 0 Å². The van der Waals surface area contributed by atoms with Crippen LogP contribution in [-0.2, 0) is 18.4 Å². The third-order valence-corrected chi connectivity index (χ3v) is 9.25. The van der Waals surface area contributed by atoms with Crippen molar-refractivity contribution in [2.24, 2.45) is 5.92 Å². The Hall–Kier alpha value is -2.36. The van der Waals surface area contributed by atoms with Crippen molar-refractivity contribution in [2.75, 3.05) is 32.7 Å². The zero-order valence-corrected chi connectivity index (χ0v) is 25.2. The summed E-state index contributed by atoms with van der Waals surface area (Å²) in [6.45, 7) is 7.11. The Kier molecular flexibility index (Phi) is 11.1. The molecule has 2 fully saturated rings. The lowest BCUT2D eigenvalue weighted by atomic mass is 9.70. The molecule has 6 rings (SSSR count). The van der Waals surface area contributed by atoms with E-state index in [9.17, 15) is 0 Å². The molecule has 0 radical (unpaired) electrons. The molecule has 2 saturated heterocycles. The number of benzene rings is 4. The third-order valence-electron chi connectivity index (χ3n) is 9.25. The molecular weight excluding hydrogens is 531 g/mol. The number of fused-ring (bicyclic) bond motifs is 1. The van der Waals surface area contributed by atoms with E-state index in [1.54, 1.807) is 5.56 Å². The van der Waals surface area contributed by atoms with Crippen LogP contribution in [0.5, 0.6) is 0 Å². The van der Waals surface area contributed by atoms with Gasteiger partial charge in [-0.1, -0.05) is 103 Å². The molecule has 2 aliphatic rings. The standard InChI is InChI=1S/C36H42N2.2ClH/c1-3-11-30(12-4-1)27-31-19-24-37(25-20-31)26-22-36(35-18-9-16-33-15-7-8-17-34(33)35)21-10-23-38(29-36)28-32-13-5-2-6-14-32;;/h1-9,11-18,31H,10,19-29H2;2*1H. The highest BCUT2D eigenvalue weighted by Crippen LogP contribution is 2.41. The van der Waals surface area contributed by atoms with Gasteiger partial charge in [0.2, 0.25) is 0 Å². The minimum absolute atomic E-state index is 0. The van der Waals surface area contributed by atoms with Crippen LogP contribution in [0, 0.1) is 5.92 Å². The number of hydrogen-bond donors (Lipinski definition) is 0. The highest BCUT2D eigenvalue weighted by atomic mass is 35.5. The number of hydrogen-bond acceptors (Lipinski definition) is 2. The fraction of sp³-hybridized carbons (Fsp3) is 0.389. The van der Waals surface area contributed by atoms with E-state index in [1.165, 1.54) is 86.6 Å². The smallest absolute Gasteiger partial charge is 0.0234 e. The summed E-state index contributed by atoms with van der Waals surface area (Å²) in [6.07, 6.45) is 7.71. The first-order valence-electron chi connectivity index (χ1n) is 14.8. The molecule has 0 N–H and O–H groups in total. The maximum Gasteiger partial charge on any atom is 0.0234 e. The monoisotopic (exact) mass is 574 g/mol. The first-order valence-corrected chi connectivity index (χ1v) is 14.8. The maximum atomic E-state index is 2.77. The van der Waals surface area contributed by atoms with Gasteiger partial charge in [-0.3, -0.25) is 4.90 Å². The fourth-order valence-corrected chi connectivity index (χ4v) is 7.18. The van der Waals surface area contributed by atoms with Crippen LogP contribution in [0.3, 0.4) is 0 Å². The Bertz CT molecular complexity index is 1300. The molecule has 2 nitrogen and oxygen atoms in total. The fourth-order valence-electron chi connectivity index (χ4n) is 7.18. The van der Waals surface area contributed by atoms with E-state index in [-0.39, 0.29) is 30.2 Å².